The molecule has 0 spiro atoms. The zero-order valence-electron chi connectivity index (χ0n) is 15.9. The highest BCUT2D eigenvalue weighted by molar-refractivity contribution is 7.89. The number of carbonyl (C=O) groups is 2. The Morgan fingerprint density at radius 2 is 1.59 bits per heavy atom. The first-order chi connectivity index (χ1) is 13.8. The van der Waals surface area contributed by atoms with Crippen LogP contribution in [-0.2, 0) is 19.6 Å². The molecular formula is C20H22ClN3O4S. The number of amides is 2. The van der Waals surface area contributed by atoms with Crippen molar-refractivity contribution in [1.29, 1.82) is 0 Å². The van der Waals surface area contributed by atoms with E-state index in [2.05, 4.69) is 10.6 Å². The van der Waals surface area contributed by atoms with Gasteiger partial charge in [-0.1, -0.05) is 11.6 Å². The van der Waals surface area contributed by atoms with E-state index in [1.54, 1.807) is 24.3 Å². The average Bonchev–Trinajstić information content (AvgIpc) is 2.69. The highest BCUT2D eigenvalue weighted by atomic mass is 35.5. The second kappa shape index (κ2) is 8.94. The number of halogens is 1. The van der Waals surface area contributed by atoms with Crippen LogP contribution in [0.3, 0.4) is 0 Å². The molecule has 2 N–H and O–H groups in total. The number of piperidine rings is 1. The molecule has 2 aromatic rings. The van der Waals surface area contributed by atoms with E-state index < -0.39 is 15.9 Å². The third-order valence-corrected chi connectivity index (χ3v) is 6.81. The molecule has 1 heterocycles. The number of nitrogens with one attached hydrogen (secondary N) is 2. The molecule has 2 aromatic carbocycles. The topological polar surface area (TPSA) is 95.6 Å². The fraction of sp³-hybridized carbons (Fsp3) is 0.300. The molecule has 29 heavy (non-hydrogen) atoms. The van der Waals surface area contributed by atoms with E-state index in [4.69, 9.17) is 11.6 Å². The first kappa shape index (κ1) is 21.3. The van der Waals surface area contributed by atoms with E-state index in [1.807, 2.05) is 0 Å². The van der Waals surface area contributed by atoms with Crippen LogP contribution in [0, 0.1) is 5.92 Å². The number of hydrogen-bond donors (Lipinski definition) is 2. The summed E-state index contributed by atoms with van der Waals surface area (Å²) in [4.78, 5) is 23.9. The Bertz CT molecular complexity index is 991. The SMILES string of the molecule is CC(=O)Nc1ccc(NC(=O)[C@@H]2CCCN(S(=O)(=O)c3ccc(Cl)cc3)C2)cc1. The van der Waals surface area contributed by atoms with Gasteiger partial charge in [-0.15, -0.1) is 0 Å². The molecule has 0 unspecified atom stereocenters. The molecular weight excluding hydrogens is 414 g/mol. The molecule has 1 fully saturated rings. The lowest BCUT2D eigenvalue weighted by molar-refractivity contribution is -0.121. The van der Waals surface area contributed by atoms with Gasteiger partial charge in [-0.2, -0.15) is 4.31 Å². The summed E-state index contributed by atoms with van der Waals surface area (Å²) in [5.41, 5.74) is 1.22. The van der Waals surface area contributed by atoms with Gasteiger partial charge in [0.2, 0.25) is 21.8 Å². The van der Waals surface area contributed by atoms with Crippen LogP contribution in [0.5, 0.6) is 0 Å². The van der Waals surface area contributed by atoms with Crippen molar-refractivity contribution >= 4 is 44.8 Å². The van der Waals surface area contributed by atoms with E-state index in [1.165, 1.54) is 35.5 Å². The largest absolute Gasteiger partial charge is 0.326 e. The summed E-state index contributed by atoms with van der Waals surface area (Å²) in [7, 11) is -3.68. The molecule has 2 amide bonds. The molecule has 154 valence electrons. The molecule has 0 aromatic heterocycles. The Balaban J connectivity index is 1.66. The van der Waals surface area contributed by atoms with E-state index in [0.29, 0.717) is 35.8 Å². The molecule has 7 nitrogen and oxygen atoms in total. The summed E-state index contributed by atoms with van der Waals surface area (Å²) in [5, 5.41) is 5.94. The Hall–Kier alpha value is -2.42. The van der Waals surface area contributed by atoms with Crippen molar-refractivity contribution in [1.82, 2.24) is 4.31 Å². The van der Waals surface area contributed by atoms with Crippen molar-refractivity contribution in [3.63, 3.8) is 0 Å². The van der Waals surface area contributed by atoms with Crippen LogP contribution < -0.4 is 10.6 Å². The summed E-state index contributed by atoms with van der Waals surface area (Å²) in [5.74, 6) is -0.847. The summed E-state index contributed by atoms with van der Waals surface area (Å²) >= 11 is 5.84. The fourth-order valence-corrected chi connectivity index (χ4v) is 4.86. The minimum atomic E-state index is -3.68. The zero-order chi connectivity index (χ0) is 21.0. The highest BCUT2D eigenvalue weighted by Crippen LogP contribution is 2.26. The van der Waals surface area contributed by atoms with Gasteiger partial charge in [-0.05, 0) is 61.4 Å². The lowest BCUT2D eigenvalue weighted by Crippen LogP contribution is -2.43. The van der Waals surface area contributed by atoms with Crippen molar-refractivity contribution in [2.45, 2.75) is 24.7 Å². The van der Waals surface area contributed by atoms with Crippen LogP contribution in [0.15, 0.2) is 53.4 Å². The minimum Gasteiger partial charge on any atom is -0.326 e. The number of rotatable bonds is 5. The Morgan fingerprint density at radius 1 is 1.00 bits per heavy atom. The Morgan fingerprint density at radius 3 is 2.17 bits per heavy atom. The number of nitrogens with zero attached hydrogens (tertiary/aromatic N) is 1. The molecule has 1 saturated heterocycles. The van der Waals surface area contributed by atoms with Crippen molar-refractivity contribution in [2.24, 2.45) is 5.92 Å². The maximum Gasteiger partial charge on any atom is 0.243 e. The molecule has 0 aliphatic carbocycles. The predicted octanol–water partition coefficient (Wildman–Crippen LogP) is 3.34. The van der Waals surface area contributed by atoms with E-state index in [-0.39, 0.29) is 23.3 Å². The molecule has 0 saturated carbocycles. The molecule has 1 atom stereocenters. The standard InChI is InChI=1S/C20H22ClN3O4S/c1-14(25)22-17-6-8-18(9-7-17)23-20(26)15-3-2-12-24(13-15)29(27,28)19-10-4-16(21)5-11-19/h4-11,15H,2-3,12-13H2,1H3,(H,22,25)(H,23,26)/t15-/m1/s1. The molecule has 1 aliphatic heterocycles. The first-order valence-electron chi connectivity index (χ1n) is 9.20. The Labute approximate surface area is 175 Å². The third-order valence-electron chi connectivity index (χ3n) is 4.68. The number of carbonyl (C=O) groups excluding carboxylic acids is 2. The van der Waals surface area contributed by atoms with Crippen LogP contribution >= 0.6 is 11.6 Å². The van der Waals surface area contributed by atoms with Gasteiger partial charge in [0.15, 0.2) is 0 Å². The second-order valence-corrected chi connectivity index (χ2v) is 9.28. The van der Waals surface area contributed by atoms with Gasteiger partial charge in [-0.25, -0.2) is 8.42 Å². The predicted molar refractivity (Wildman–Crippen MR) is 112 cm³/mol. The van der Waals surface area contributed by atoms with Crippen LogP contribution in [-0.4, -0.2) is 37.6 Å². The van der Waals surface area contributed by atoms with Crippen molar-refractivity contribution in [3.05, 3.63) is 53.6 Å². The van der Waals surface area contributed by atoms with Crippen LogP contribution in [0.4, 0.5) is 11.4 Å². The van der Waals surface area contributed by atoms with E-state index in [0.717, 1.165) is 0 Å². The summed E-state index contributed by atoms with van der Waals surface area (Å²) in [6, 6.07) is 12.8. The molecule has 9 heteroatoms. The highest BCUT2D eigenvalue weighted by Gasteiger charge is 2.33. The molecule has 0 bridgehead atoms. The van der Waals surface area contributed by atoms with E-state index >= 15 is 0 Å². The maximum absolute atomic E-state index is 12.9. The average molecular weight is 436 g/mol. The molecule has 1 aliphatic rings. The summed E-state index contributed by atoms with van der Waals surface area (Å²) in [6.45, 7) is 1.92. The lowest BCUT2D eigenvalue weighted by atomic mass is 9.98. The van der Waals surface area contributed by atoms with Gasteiger partial charge in [0, 0.05) is 36.4 Å². The number of sulfonamides is 1. The number of benzene rings is 2. The Kier molecular flexibility index (Phi) is 6.56. The van der Waals surface area contributed by atoms with Crippen molar-refractivity contribution < 1.29 is 18.0 Å². The van der Waals surface area contributed by atoms with Gasteiger partial charge < -0.3 is 10.6 Å². The smallest absolute Gasteiger partial charge is 0.243 e. The third kappa shape index (κ3) is 5.35. The monoisotopic (exact) mass is 435 g/mol. The van der Waals surface area contributed by atoms with Gasteiger partial charge in [0.05, 0.1) is 10.8 Å². The van der Waals surface area contributed by atoms with Crippen LogP contribution in [0.1, 0.15) is 19.8 Å². The normalized spacial score (nSPS) is 17.5. The van der Waals surface area contributed by atoms with Crippen LogP contribution in [0.25, 0.3) is 0 Å². The quantitative estimate of drug-likeness (QED) is 0.752. The molecule has 3 rings (SSSR count). The summed E-state index contributed by atoms with van der Waals surface area (Å²) in [6.07, 6.45) is 1.22. The van der Waals surface area contributed by atoms with Crippen LogP contribution in [0.2, 0.25) is 5.02 Å². The second-order valence-electron chi connectivity index (χ2n) is 6.90. The van der Waals surface area contributed by atoms with E-state index in [9.17, 15) is 18.0 Å². The molecule has 0 radical (unpaired) electrons. The van der Waals surface area contributed by atoms with Gasteiger partial charge >= 0.3 is 0 Å². The number of anilines is 2. The van der Waals surface area contributed by atoms with Gasteiger partial charge in [0.25, 0.3) is 0 Å². The van der Waals surface area contributed by atoms with Crippen molar-refractivity contribution in [3.8, 4) is 0 Å². The summed E-state index contributed by atoms with van der Waals surface area (Å²) < 4.78 is 27.1. The van der Waals surface area contributed by atoms with Gasteiger partial charge in [-0.3, -0.25) is 9.59 Å². The first-order valence-corrected chi connectivity index (χ1v) is 11.0. The zero-order valence-corrected chi connectivity index (χ0v) is 17.5. The fourth-order valence-electron chi connectivity index (χ4n) is 3.21. The lowest BCUT2D eigenvalue weighted by Gasteiger charge is -2.31. The van der Waals surface area contributed by atoms with Gasteiger partial charge in [0.1, 0.15) is 0 Å². The number of hydrogen-bond acceptors (Lipinski definition) is 4. The maximum atomic E-state index is 12.9. The van der Waals surface area contributed by atoms with Crippen molar-refractivity contribution in [2.75, 3.05) is 23.7 Å². The minimum absolute atomic E-state index is 0.126.